The molecule has 1 fully saturated rings. The van der Waals surface area contributed by atoms with Gasteiger partial charge in [-0.25, -0.2) is 8.78 Å². The maximum Gasteiger partial charge on any atom is 0.310 e. The van der Waals surface area contributed by atoms with E-state index in [1.54, 1.807) is 17.9 Å². The minimum Gasteiger partial charge on any atom is -0.466 e. The number of carbonyl (C=O) groups is 2. The van der Waals surface area contributed by atoms with Gasteiger partial charge in [-0.2, -0.15) is 0 Å². The summed E-state index contributed by atoms with van der Waals surface area (Å²) in [5.41, 5.74) is 2.37. The Hall–Kier alpha value is -3.02. The summed E-state index contributed by atoms with van der Waals surface area (Å²) < 4.78 is 34.0. The van der Waals surface area contributed by atoms with E-state index in [1.807, 2.05) is 38.1 Å². The molecule has 0 N–H and O–H groups in total. The van der Waals surface area contributed by atoms with Gasteiger partial charge in [0.25, 0.3) is 0 Å². The molecule has 4 nitrogen and oxygen atoms in total. The van der Waals surface area contributed by atoms with Crippen LogP contribution >= 0.6 is 0 Å². The highest BCUT2D eigenvalue weighted by Crippen LogP contribution is 2.34. The molecule has 0 saturated carbocycles. The van der Waals surface area contributed by atoms with Crippen LogP contribution in [0, 0.1) is 17.6 Å². The van der Waals surface area contributed by atoms with Crippen molar-refractivity contribution < 1.29 is 23.1 Å². The first-order valence-corrected chi connectivity index (χ1v) is 11.0. The van der Waals surface area contributed by atoms with Crippen LogP contribution in [-0.4, -0.2) is 36.5 Å². The molecule has 0 spiro atoms. The number of esters is 1. The molecule has 3 rings (SSSR count). The quantitative estimate of drug-likeness (QED) is 0.435. The van der Waals surface area contributed by atoms with E-state index in [1.165, 1.54) is 12.2 Å². The van der Waals surface area contributed by atoms with Crippen LogP contribution in [-0.2, 0) is 14.3 Å². The summed E-state index contributed by atoms with van der Waals surface area (Å²) in [4.78, 5) is 26.4. The predicted molar refractivity (Wildman–Crippen MR) is 121 cm³/mol. The van der Waals surface area contributed by atoms with E-state index in [4.69, 9.17) is 4.74 Å². The molecule has 6 heteroatoms. The molecule has 1 aliphatic heterocycles. The summed E-state index contributed by atoms with van der Waals surface area (Å²) in [6.45, 7) is 6.88. The summed E-state index contributed by atoms with van der Waals surface area (Å²) in [6.07, 6.45) is 3.94. The van der Waals surface area contributed by atoms with Crippen LogP contribution in [0.2, 0.25) is 0 Å². The number of likely N-dealkylation sites (tertiary alicyclic amines) is 1. The van der Waals surface area contributed by atoms with Crippen LogP contribution in [0.1, 0.15) is 50.7 Å². The van der Waals surface area contributed by atoms with Crippen molar-refractivity contribution in [1.29, 1.82) is 0 Å². The molecular weight excluding hydrogens is 412 g/mol. The van der Waals surface area contributed by atoms with Crippen LogP contribution in [0.5, 0.6) is 0 Å². The number of benzene rings is 2. The number of ether oxygens (including phenoxy) is 1. The molecule has 0 aromatic heterocycles. The standard InChI is InChI=1S/C26H29F2NO3/c1-4-32-26(31)18-8-7-15-29(16-18)24(30)14-12-22-21(11-13-23(27)25(22)28)20-10-6-5-9-19(20)17(2)3/h5-6,9-14,17-18H,4,7-8,15-16H2,1-3H3/b14-12+. The van der Waals surface area contributed by atoms with Crippen LogP contribution < -0.4 is 0 Å². The van der Waals surface area contributed by atoms with Gasteiger partial charge in [-0.05, 0) is 54.5 Å². The molecule has 1 heterocycles. The fraction of sp³-hybridized carbons (Fsp3) is 0.385. The monoisotopic (exact) mass is 441 g/mol. The molecule has 0 bridgehead atoms. The lowest BCUT2D eigenvalue weighted by atomic mass is 9.90. The second kappa shape index (κ2) is 10.5. The zero-order valence-corrected chi connectivity index (χ0v) is 18.7. The van der Waals surface area contributed by atoms with E-state index < -0.39 is 11.6 Å². The van der Waals surface area contributed by atoms with E-state index in [0.717, 1.165) is 17.2 Å². The molecule has 1 saturated heterocycles. The average molecular weight is 442 g/mol. The number of hydrogen-bond acceptors (Lipinski definition) is 3. The third-order valence-electron chi connectivity index (χ3n) is 5.75. The summed E-state index contributed by atoms with van der Waals surface area (Å²) in [7, 11) is 0. The van der Waals surface area contributed by atoms with Gasteiger partial charge in [0.05, 0.1) is 12.5 Å². The fourth-order valence-electron chi connectivity index (χ4n) is 4.10. The van der Waals surface area contributed by atoms with Crippen molar-refractivity contribution >= 4 is 18.0 Å². The van der Waals surface area contributed by atoms with Gasteiger partial charge in [-0.3, -0.25) is 9.59 Å². The van der Waals surface area contributed by atoms with E-state index >= 15 is 0 Å². The summed E-state index contributed by atoms with van der Waals surface area (Å²) in [5, 5.41) is 0. The van der Waals surface area contributed by atoms with Crippen LogP contribution in [0.25, 0.3) is 17.2 Å². The first kappa shape index (κ1) is 23.6. The number of piperidine rings is 1. The minimum atomic E-state index is -0.992. The van der Waals surface area contributed by atoms with Crippen molar-refractivity contribution in [2.24, 2.45) is 5.92 Å². The van der Waals surface area contributed by atoms with Gasteiger partial charge in [0.2, 0.25) is 5.91 Å². The normalized spacial score (nSPS) is 16.6. The molecule has 1 amide bonds. The second-order valence-corrected chi connectivity index (χ2v) is 8.27. The summed E-state index contributed by atoms with van der Waals surface area (Å²) in [5.74, 6) is -2.79. The highest BCUT2D eigenvalue weighted by atomic mass is 19.2. The first-order chi connectivity index (χ1) is 15.3. The van der Waals surface area contributed by atoms with Crippen LogP contribution in [0.4, 0.5) is 8.78 Å². The third kappa shape index (κ3) is 5.23. The molecule has 1 aliphatic rings. The van der Waals surface area contributed by atoms with E-state index in [9.17, 15) is 18.4 Å². The number of nitrogens with zero attached hydrogens (tertiary/aromatic N) is 1. The highest BCUT2D eigenvalue weighted by molar-refractivity contribution is 5.94. The Balaban J connectivity index is 1.90. The van der Waals surface area contributed by atoms with Gasteiger partial charge in [0.1, 0.15) is 0 Å². The molecule has 1 unspecified atom stereocenters. The Morgan fingerprint density at radius 2 is 1.91 bits per heavy atom. The van der Waals surface area contributed by atoms with Crippen molar-refractivity contribution in [2.45, 2.75) is 39.5 Å². The molecule has 1 atom stereocenters. The number of hydrogen-bond donors (Lipinski definition) is 0. The average Bonchev–Trinajstić information content (AvgIpc) is 2.80. The number of carbonyl (C=O) groups excluding carboxylic acids is 2. The molecular formula is C26H29F2NO3. The Labute approximate surface area is 187 Å². The lowest BCUT2D eigenvalue weighted by Gasteiger charge is -2.30. The number of halogens is 2. The molecule has 170 valence electrons. The largest absolute Gasteiger partial charge is 0.466 e. The van der Waals surface area contributed by atoms with E-state index in [-0.39, 0.29) is 35.8 Å². The topological polar surface area (TPSA) is 46.6 Å². The second-order valence-electron chi connectivity index (χ2n) is 8.27. The zero-order valence-electron chi connectivity index (χ0n) is 18.7. The fourth-order valence-corrected chi connectivity index (χ4v) is 4.10. The van der Waals surface area contributed by atoms with Crippen molar-refractivity contribution in [3.63, 3.8) is 0 Å². The van der Waals surface area contributed by atoms with Gasteiger partial charge in [-0.15, -0.1) is 0 Å². The molecule has 2 aromatic rings. The SMILES string of the molecule is CCOC(=O)C1CCCN(C(=O)/C=C/c2c(-c3ccccc3C(C)C)ccc(F)c2F)C1. The molecule has 32 heavy (non-hydrogen) atoms. The van der Waals surface area contributed by atoms with Gasteiger partial charge < -0.3 is 9.64 Å². The van der Waals surface area contributed by atoms with Crippen molar-refractivity contribution in [2.75, 3.05) is 19.7 Å². The first-order valence-electron chi connectivity index (χ1n) is 11.0. The molecule has 2 aromatic carbocycles. The van der Waals surface area contributed by atoms with Crippen LogP contribution in [0.15, 0.2) is 42.5 Å². The van der Waals surface area contributed by atoms with E-state index in [0.29, 0.717) is 31.6 Å². The Morgan fingerprint density at radius 1 is 1.16 bits per heavy atom. The Morgan fingerprint density at radius 3 is 2.62 bits per heavy atom. The van der Waals surface area contributed by atoms with Gasteiger partial charge in [-0.1, -0.05) is 44.2 Å². The number of amides is 1. The van der Waals surface area contributed by atoms with Gasteiger partial charge in [0, 0.05) is 24.7 Å². The summed E-state index contributed by atoms with van der Waals surface area (Å²) in [6, 6.07) is 10.2. The zero-order chi connectivity index (χ0) is 23.3. The van der Waals surface area contributed by atoms with Crippen molar-refractivity contribution in [3.8, 4) is 11.1 Å². The van der Waals surface area contributed by atoms with Crippen molar-refractivity contribution in [3.05, 3.63) is 65.2 Å². The minimum absolute atomic E-state index is 0.0328. The van der Waals surface area contributed by atoms with Gasteiger partial charge >= 0.3 is 5.97 Å². The number of rotatable bonds is 6. The lowest BCUT2D eigenvalue weighted by molar-refractivity contribution is -0.150. The third-order valence-corrected chi connectivity index (χ3v) is 5.75. The smallest absolute Gasteiger partial charge is 0.310 e. The highest BCUT2D eigenvalue weighted by Gasteiger charge is 2.28. The summed E-state index contributed by atoms with van der Waals surface area (Å²) >= 11 is 0. The predicted octanol–water partition coefficient (Wildman–Crippen LogP) is 5.57. The maximum atomic E-state index is 14.8. The van der Waals surface area contributed by atoms with Crippen LogP contribution in [0.3, 0.4) is 0 Å². The van der Waals surface area contributed by atoms with Crippen molar-refractivity contribution in [1.82, 2.24) is 4.90 Å². The molecule has 0 aliphatic carbocycles. The van der Waals surface area contributed by atoms with Gasteiger partial charge in [0.15, 0.2) is 11.6 Å². The maximum absolute atomic E-state index is 14.8. The molecule has 0 radical (unpaired) electrons. The Bertz CT molecular complexity index is 1020. The van der Waals surface area contributed by atoms with E-state index in [2.05, 4.69) is 0 Å². The Kier molecular flexibility index (Phi) is 7.78. The lowest BCUT2D eigenvalue weighted by Crippen LogP contribution is -2.42.